The lowest BCUT2D eigenvalue weighted by Crippen LogP contribution is -2.27. The first-order valence-corrected chi connectivity index (χ1v) is 6.99. The second-order valence-electron chi connectivity index (χ2n) is 5.27. The van der Waals surface area contributed by atoms with E-state index in [0.29, 0.717) is 18.7 Å². The largest absolute Gasteiger partial charge is 0.337 e. The molecule has 0 spiro atoms. The number of nitrogens with two attached hydrogens (primary N) is 1. The van der Waals surface area contributed by atoms with E-state index in [-0.39, 0.29) is 5.91 Å². The normalized spacial score (nSPS) is 10.5. The summed E-state index contributed by atoms with van der Waals surface area (Å²) in [7, 11) is 1.80. The zero-order valence-corrected chi connectivity index (χ0v) is 12.8. The first-order chi connectivity index (χ1) is 10.0. The van der Waals surface area contributed by atoms with Crippen LogP contribution in [0.4, 0.5) is 0 Å². The van der Waals surface area contributed by atoms with Gasteiger partial charge in [-0.05, 0) is 37.1 Å². The van der Waals surface area contributed by atoms with E-state index < -0.39 is 0 Å². The molecule has 0 bridgehead atoms. The molecule has 1 heterocycles. The average Bonchev–Trinajstić information content (AvgIpc) is 2.46. The van der Waals surface area contributed by atoms with Gasteiger partial charge in [-0.25, -0.2) is 0 Å². The molecule has 0 fully saturated rings. The van der Waals surface area contributed by atoms with Gasteiger partial charge >= 0.3 is 0 Å². The predicted molar refractivity (Wildman–Crippen MR) is 83.8 cm³/mol. The van der Waals surface area contributed by atoms with Gasteiger partial charge in [0.25, 0.3) is 5.91 Å². The maximum absolute atomic E-state index is 12.5. The lowest BCUT2D eigenvalue weighted by molar-refractivity contribution is 0.0784. The van der Waals surface area contributed by atoms with E-state index in [1.807, 2.05) is 50.2 Å². The third-order valence-corrected chi connectivity index (χ3v) is 3.45. The number of carbonyl (C=O) groups is 1. The quantitative estimate of drug-likeness (QED) is 0.937. The van der Waals surface area contributed by atoms with Crippen LogP contribution < -0.4 is 5.73 Å². The standard InChI is InChI=1S/C17H21N3O/c1-12-7-8-16(13(2)19-12)17(21)20(3)11-15-6-4-5-14(9-15)10-18/h4-9H,10-11,18H2,1-3H3. The number of nitrogens with zero attached hydrogens (tertiary/aromatic N) is 2. The van der Waals surface area contributed by atoms with Gasteiger partial charge < -0.3 is 10.6 Å². The molecule has 0 aliphatic heterocycles. The van der Waals surface area contributed by atoms with Gasteiger partial charge in [0.1, 0.15) is 0 Å². The van der Waals surface area contributed by atoms with Crippen molar-refractivity contribution in [2.24, 2.45) is 5.73 Å². The van der Waals surface area contributed by atoms with Crippen molar-refractivity contribution in [3.63, 3.8) is 0 Å². The van der Waals surface area contributed by atoms with E-state index in [9.17, 15) is 4.79 Å². The highest BCUT2D eigenvalue weighted by Crippen LogP contribution is 2.13. The molecule has 1 aromatic carbocycles. The Hall–Kier alpha value is -2.20. The molecule has 110 valence electrons. The van der Waals surface area contributed by atoms with E-state index in [1.165, 1.54) is 0 Å². The number of amides is 1. The molecule has 21 heavy (non-hydrogen) atoms. The van der Waals surface area contributed by atoms with Crippen LogP contribution in [0.3, 0.4) is 0 Å². The van der Waals surface area contributed by atoms with Gasteiger partial charge in [-0.3, -0.25) is 9.78 Å². The van der Waals surface area contributed by atoms with Crippen LogP contribution in [0, 0.1) is 13.8 Å². The van der Waals surface area contributed by atoms with Crippen LogP contribution in [0.2, 0.25) is 0 Å². The Morgan fingerprint density at radius 3 is 2.57 bits per heavy atom. The third-order valence-electron chi connectivity index (χ3n) is 3.45. The number of pyridine rings is 1. The number of hydrogen-bond donors (Lipinski definition) is 1. The maximum atomic E-state index is 12.5. The van der Waals surface area contributed by atoms with Crippen LogP contribution in [-0.2, 0) is 13.1 Å². The summed E-state index contributed by atoms with van der Waals surface area (Å²) < 4.78 is 0. The van der Waals surface area contributed by atoms with Gasteiger partial charge in [0, 0.05) is 25.8 Å². The van der Waals surface area contributed by atoms with Crippen molar-refractivity contribution in [1.82, 2.24) is 9.88 Å². The van der Waals surface area contributed by atoms with Crippen molar-refractivity contribution in [2.45, 2.75) is 26.9 Å². The molecule has 0 aliphatic carbocycles. The smallest absolute Gasteiger partial charge is 0.255 e. The number of carbonyl (C=O) groups excluding carboxylic acids is 1. The van der Waals surface area contributed by atoms with Gasteiger partial charge in [0.05, 0.1) is 11.3 Å². The molecule has 2 rings (SSSR count). The molecule has 0 radical (unpaired) electrons. The molecular formula is C17H21N3O. The van der Waals surface area contributed by atoms with Crippen LogP contribution in [0.15, 0.2) is 36.4 Å². The minimum absolute atomic E-state index is 0.0156. The summed E-state index contributed by atoms with van der Waals surface area (Å²) in [5.41, 5.74) is 10.1. The van der Waals surface area contributed by atoms with Gasteiger partial charge in [-0.15, -0.1) is 0 Å². The van der Waals surface area contributed by atoms with Crippen molar-refractivity contribution in [3.05, 3.63) is 64.5 Å². The number of aromatic nitrogens is 1. The van der Waals surface area contributed by atoms with E-state index in [2.05, 4.69) is 4.98 Å². The topological polar surface area (TPSA) is 59.2 Å². The van der Waals surface area contributed by atoms with Crippen molar-refractivity contribution in [3.8, 4) is 0 Å². The van der Waals surface area contributed by atoms with Crippen molar-refractivity contribution in [2.75, 3.05) is 7.05 Å². The summed E-state index contributed by atoms with van der Waals surface area (Å²) in [5.74, 6) is -0.0156. The first-order valence-electron chi connectivity index (χ1n) is 6.99. The van der Waals surface area contributed by atoms with Crippen LogP contribution in [-0.4, -0.2) is 22.8 Å². The summed E-state index contributed by atoms with van der Waals surface area (Å²) in [6.07, 6.45) is 0. The average molecular weight is 283 g/mol. The van der Waals surface area contributed by atoms with Gasteiger partial charge in [-0.1, -0.05) is 24.3 Å². The van der Waals surface area contributed by atoms with E-state index in [4.69, 9.17) is 5.73 Å². The van der Waals surface area contributed by atoms with E-state index >= 15 is 0 Å². The maximum Gasteiger partial charge on any atom is 0.255 e. The van der Waals surface area contributed by atoms with Crippen LogP contribution in [0.25, 0.3) is 0 Å². The molecule has 1 aromatic heterocycles. The molecule has 0 saturated carbocycles. The molecular weight excluding hydrogens is 262 g/mol. The number of rotatable bonds is 4. The Labute approximate surface area is 125 Å². The van der Waals surface area contributed by atoms with Crippen LogP contribution >= 0.6 is 0 Å². The van der Waals surface area contributed by atoms with Crippen molar-refractivity contribution >= 4 is 5.91 Å². The molecule has 4 heteroatoms. The second-order valence-corrected chi connectivity index (χ2v) is 5.27. The summed E-state index contributed by atoms with van der Waals surface area (Å²) >= 11 is 0. The minimum atomic E-state index is -0.0156. The molecule has 0 atom stereocenters. The highest BCUT2D eigenvalue weighted by atomic mass is 16.2. The Bertz CT molecular complexity index is 652. The SMILES string of the molecule is Cc1ccc(C(=O)N(C)Cc2cccc(CN)c2)c(C)n1. The summed E-state index contributed by atoms with van der Waals surface area (Å²) in [6, 6.07) is 11.7. The fourth-order valence-corrected chi connectivity index (χ4v) is 2.32. The third kappa shape index (κ3) is 3.67. The fraction of sp³-hybridized carbons (Fsp3) is 0.294. The lowest BCUT2D eigenvalue weighted by atomic mass is 10.1. The predicted octanol–water partition coefficient (Wildman–Crippen LogP) is 2.43. The zero-order valence-electron chi connectivity index (χ0n) is 12.8. The molecule has 2 N–H and O–H groups in total. The Morgan fingerprint density at radius 2 is 1.90 bits per heavy atom. The first kappa shape index (κ1) is 15.2. The molecule has 0 unspecified atom stereocenters. The second kappa shape index (κ2) is 6.50. The van der Waals surface area contributed by atoms with Crippen LogP contribution in [0.1, 0.15) is 32.9 Å². The zero-order chi connectivity index (χ0) is 15.4. The summed E-state index contributed by atoms with van der Waals surface area (Å²) in [4.78, 5) is 18.5. The highest BCUT2D eigenvalue weighted by Gasteiger charge is 2.15. The number of benzene rings is 1. The Kier molecular flexibility index (Phi) is 4.70. The molecule has 0 saturated heterocycles. The lowest BCUT2D eigenvalue weighted by Gasteiger charge is -2.18. The Morgan fingerprint density at radius 1 is 1.19 bits per heavy atom. The highest BCUT2D eigenvalue weighted by molar-refractivity contribution is 5.95. The number of hydrogen-bond acceptors (Lipinski definition) is 3. The monoisotopic (exact) mass is 283 g/mol. The van der Waals surface area contributed by atoms with E-state index in [1.54, 1.807) is 11.9 Å². The van der Waals surface area contributed by atoms with Gasteiger partial charge in [0.15, 0.2) is 0 Å². The fourth-order valence-electron chi connectivity index (χ4n) is 2.32. The van der Waals surface area contributed by atoms with Gasteiger partial charge in [0.2, 0.25) is 0 Å². The molecule has 4 nitrogen and oxygen atoms in total. The van der Waals surface area contributed by atoms with E-state index in [0.717, 1.165) is 22.5 Å². The van der Waals surface area contributed by atoms with Crippen molar-refractivity contribution < 1.29 is 4.79 Å². The molecule has 1 amide bonds. The van der Waals surface area contributed by atoms with Gasteiger partial charge in [-0.2, -0.15) is 0 Å². The Balaban J connectivity index is 2.15. The summed E-state index contributed by atoms with van der Waals surface area (Å²) in [6.45, 7) is 4.85. The summed E-state index contributed by atoms with van der Waals surface area (Å²) in [5, 5.41) is 0. The number of aryl methyl sites for hydroxylation is 2. The van der Waals surface area contributed by atoms with Crippen LogP contribution in [0.5, 0.6) is 0 Å². The van der Waals surface area contributed by atoms with Crippen molar-refractivity contribution in [1.29, 1.82) is 0 Å². The molecule has 2 aromatic rings. The minimum Gasteiger partial charge on any atom is -0.337 e. The molecule has 0 aliphatic rings.